The number of carbonyl (C=O) groups is 2. The topological polar surface area (TPSA) is 65.1 Å². The maximum Gasteiger partial charge on any atom is 0.245 e. The van der Waals surface area contributed by atoms with E-state index in [0.717, 1.165) is 44.5 Å². The molecule has 8 heteroatoms. The van der Waals surface area contributed by atoms with Crippen LogP contribution in [0.25, 0.3) is 0 Å². The number of methoxy groups -OCH3 is 1. The normalized spacial score (nSPS) is 24.1. The van der Waals surface area contributed by atoms with E-state index in [1.807, 2.05) is 9.80 Å². The lowest BCUT2D eigenvalue weighted by molar-refractivity contribution is -0.144. The van der Waals surface area contributed by atoms with Crippen molar-refractivity contribution in [3.63, 3.8) is 0 Å². The highest BCUT2D eigenvalue weighted by Gasteiger charge is 2.46. The summed E-state index contributed by atoms with van der Waals surface area (Å²) in [5, 5.41) is 3.34. The van der Waals surface area contributed by atoms with Gasteiger partial charge >= 0.3 is 0 Å². The number of benzene rings is 1. The Balaban J connectivity index is 1.51. The number of halogens is 1. The average Bonchev–Trinajstić information content (AvgIpc) is 3.60. The maximum absolute atomic E-state index is 13.5. The molecule has 0 spiro atoms. The molecule has 3 fully saturated rings. The van der Waals surface area contributed by atoms with E-state index in [1.165, 1.54) is 12.1 Å². The van der Waals surface area contributed by atoms with Crippen molar-refractivity contribution in [2.45, 2.75) is 44.3 Å². The van der Waals surface area contributed by atoms with Gasteiger partial charge in [-0.3, -0.25) is 14.5 Å². The lowest BCUT2D eigenvalue weighted by Crippen LogP contribution is -2.49. The summed E-state index contributed by atoms with van der Waals surface area (Å²) in [6.45, 7) is 5.59. The molecule has 2 amide bonds. The Kier molecular flexibility index (Phi) is 7.75. The number of nitrogens with zero attached hydrogens (tertiary/aromatic N) is 3. The summed E-state index contributed by atoms with van der Waals surface area (Å²) in [7, 11) is 1.67. The molecule has 32 heavy (non-hydrogen) atoms. The van der Waals surface area contributed by atoms with Crippen molar-refractivity contribution in [3.05, 3.63) is 35.6 Å². The Morgan fingerprint density at radius 2 is 1.94 bits per heavy atom. The second-order valence-electron chi connectivity index (χ2n) is 9.19. The Labute approximate surface area is 189 Å². The smallest absolute Gasteiger partial charge is 0.245 e. The van der Waals surface area contributed by atoms with Gasteiger partial charge in [-0.2, -0.15) is 0 Å². The molecular formula is C24H35FN4O3. The quantitative estimate of drug-likeness (QED) is 0.655. The number of ether oxygens (including phenoxy) is 1. The summed E-state index contributed by atoms with van der Waals surface area (Å²) < 4.78 is 18.7. The van der Waals surface area contributed by atoms with Crippen LogP contribution in [0.2, 0.25) is 0 Å². The fourth-order valence-electron chi connectivity index (χ4n) is 4.82. The highest BCUT2D eigenvalue weighted by molar-refractivity contribution is 5.90. The zero-order chi connectivity index (χ0) is 22.5. The average molecular weight is 447 g/mol. The van der Waals surface area contributed by atoms with E-state index in [9.17, 15) is 14.0 Å². The fourth-order valence-corrected chi connectivity index (χ4v) is 4.82. The fraction of sp³-hybridized carbons (Fsp3) is 0.667. The molecule has 1 aromatic rings. The first-order valence-electron chi connectivity index (χ1n) is 11.8. The van der Waals surface area contributed by atoms with E-state index in [4.69, 9.17) is 4.74 Å². The van der Waals surface area contributed by atoms with Gasteiger partial charge in [0.05, 0.1) is 6.61 Å². The Bertz CT molecular complexity index is 778. The van der Waals surface area contributed by atoms with Crippen LogP contribution in [0.3, 0.4) is 0 Å². The van der Waals surface area contributed by atoms with E-state index in [0.29, 0.717) is 39.2 Å². The van der Waals surface area contributed by atoms with Gasteiger partial charge in [0.15, 0.2) is 0 Å². The predicted molar refractivity (Wildman–Crippen MR) is 119 cm³/mol. The number of hydrogen-bond donors (Lipinski definition) is 1. The summed E-state index contributed by atoms with van der Waals surface area (Å²) in [5.41, 5.74) is 1.01. The Morgan fingerprint density at radius 3 is 2.66 bits per heavy atom. The molecule has 176 valence electrons. The Morgan fingerprint density at radius 1 is 1.16 bits per heavy atom. The van der Waals surface area contributed by atoms with Crippen molar-refractivity contribution in [2.24, 2.45) is 5.92 Å². The van der Waals surface area contributed by atoms with Gasteiger partial charge in [0.25, 0.3) is 0 Å². The van der Waals surface area contributed by atoms with Crippen LogP contribution in [0.1, 0.15) is 31.2 Å². The van der Waals surface area contributed by atoms with Crippen LogP contribution < -0.4 is 5.32 Å². The second kappa shape index (κ2) is 10.7. The maximum atomic E-state index is 13.5. The number of hydrogen-bond acceptors (Lipinski definition) is 5. The molecule has 4 rings (SSSR count). The van der Waals surface area contributed by atoms with Crippen molar-refractivity contribution < 1.29 is 18.7 Å². The molecule has 7 nitrogen and oxygen atoms in total. The lowest BCUT2D eigenvalue weighted by Gasteiger charge is -2.29. The number of likely N-dealkylation sites (tertiary alicyclic amines) is 1. The SMILES string of the molecule is COCCN(Cc1ccc(F)cc1)C1CC(C(=O)N2CCCNCC2)N(C(=O)C2CC2)C1. The van der Waals surface area contributed by atoms with Gasteiger partial charge < -0.3 is 19.9 Å². The van der Waals surface area contributed by atoms with Crippen molar-refractivity contribution in [1.82, 2.24) is 20.0 Å². The summed E-state index contributed by atoms with van der Waals surface area (Å²) in [6, 6.07) is 6.21. The van der Waals surface area contributed by atoms with Crippen LogP contribution in [0, 0.1) is 11.7 Å². The monoisotopic (exact) mass is 446 g/mol. The highest BCUT2D eigenvalue weighted by atomic mass is 19.1. The van der Waals surface area contributed by atoms with Crippen LogP contribution in [0.4, 0.5) is 4.39 Å². The molecule has 1 aliphatic carbocycles. The molecule has 1 N–H and O–H groups in total. The number of nitrogens with one attached hydrogen (secondary N) is 1. The molecule has 2 heterocycles. The van der Waals surface area contributed by atoms with E-state index in [-0.39, 0.29) is 29.6 Å². The third kappa shape index (κ3) is 5.66. The first-order chi connectivity index (χ1) is 15.6. The van der Waals surface area contributed by atoms with Crippen molar-refractivity contribution in [1.29, 1.82) is 0 Å². The molecule has 1 saturated carbocycles. The van der Waals surface area contributed by atoms with Gasteiger partial charge in [-0.15, -0.1) is 0 Å². The first-order valence-corrected chi connectivity index (χ1v) is 11.8. The van der Waals surface area contributed by atoms with Crippen LogP contribution in [-0.4, -0.2) is 91.6 Å². The van der Waals surface area contributed by atoms with Crippen LogP contribution >= 0.6 is 0 Å². The van der Waals surface area contributed by atoms with Crippen molar-refractivity contribution >= 4 is 11.8 Å². The van der Waals surface area contributed by atoms with Gasteiger partial charge in [-0.1, -0.05) is 12.1 Å². The molecule has 0 radical (unpaired) electrons. The molecule has 1 aromatic carbocycles. The largest absolute Gasteiger partial charge is 0.383 e. The van der Waals surface area contributed by atoms with Gasteiger partial charge in [0.1, 0.15) is 11.9 Å². The number of carbonyl (C=O) groups excluding carboxylic acids is 2. The molecule has 2 aliphatic heterocycles. The summed E-state index contributed by atoms with van der Waals surface area (Å²) in [6.07, 6.45) is 3.42. The van der Waals surface area contributed by atoms with Crippen molar-refractivity contribution in [2.75, 3.05) is 53.0 Å². The van der Waals surface area contributed by atoms with Crippen LogP contribution in [0.5, 0.6) is 0 Å². The molecular weight excluding hydrogens is 411 g/mol. The first kappa shape index (κ1) is 23.1. The zero-order valence-corrected chi connectivity index (χ0v) is 19.0. The Hall–Kier alpha value is -2.03. The number of amides is 2. The van der Waals surface area contributed by atoms with Gasteiger partial charge in [0, 0.05) is 58.3 Å². The van der Waals surface area contributed by atoms with E-state index >= 15 is 0 Å². The van der Waals surface area contributed by atoms with Crippen LogP contribution in [0.15, 0.2) is 24.3 Å². The summed E-state index contributed by atoms with van der Waals surface area (Å²) >= 11 is 0. The minimum Gasteiger partial charge on any atom is -0.383 e. The second-order valence-corrected chi connectivity index (χ2v) is 9.19. The molecule has 0 aromatic heterocycles. The van der Waals surface area contributed by atoms with E-state index in [2.05, 4.69) is 10.2 Å². The predicted octanol–water partition coefficient (Wildman–Crippen LogP) is 1.48. The lowest BCUT2D eigenvalue weighted by atomic mass is 10.1. The highest BCUT2D eigenvalue weighted by Crippen LogP contribution is 2.35. The molecule has 2 atom stereocenters. The minimum atomic E-state index is -0.399. The minimum absolute atomic E-state index is 0.0666. The third-order valence-electron chi connectivity index (χ3n) is 6.82. The van der Waals surface area contributed by atoms with Crippen molar-refractivity contribution in [3.8, 4) is 0 Å². The van der Waals surface area contributed by atoms with E-state index < -0.39 is 6.04 Å². The zero-order valence-electron chi connectivity index (χ0n) is 19.0. The molecule has 3 aliphatic rings. The van der Waals surface area contributed by atoms with Gasteiger partial charge in [-0.25, -0.2) is 4.39 Å². The molecule has 0 bridgehead atoms. The number of rotatable bonds is 8. The molecule has 2 saturated heterocycles. The van der Waals surface area contributed by atoms with Gasteiger partial charge in [-0.05, 0) is 49.9 Å². The summed E-state index contributed by atoms with van der Waals surface area (Å²) in [5.74, 6) is 0.0437. The van der Waals surface area contributed by atoms with Crippen LogP contribution in [-0.2, 0) is 20.9 Å². The summed E-state index contributed by atoms with van der Waals surface area (Å²) in [4.78, 5) is 32.7. The van der Waals surface area contributed by atoms with Gasteiger partial charge in [0.2, 0.25) is 11.8 Å². The van der Waals surface area contributed by atoms with E-state index in [1.54, 1.807) is 19.2 Å². The standard InChI is InChI=1S/C24H35FN4O3/c1-32-14-13-28(16-18-3-7-20(25)8-4-18)21-15-22(29(17-21)23(30)19-5-6-19)24(31)27-11-2-9-26-10-12-27/h3-4,7-8,19,21-22,26H,2,5-6,9-17H2,1H3. The molecule has 2 unspecified atom stereocenters. The third-order valence-corrected chi connectivity index (χ3v) is 6.82.